The van der Waals surface area contributed by atoms with Gasteiger partial charge >= 0.3 is 0 Å². The highest BCUT2D eigenvalue weighted by molar-refractivity contribution is 7.88. The van der Waals surface area contributed by atoms with Gasteiger partial charge < -0.3 is 0 Å². The van der Waals surface area contributed by atoms with Crippen LogP contribution in [0, 0.1) is 5.92 Å². The van der Waals surface area contributed by atoms with Crippen molar-refractivity contribution in [3.8, 4) is 0 Å². The Morgan fingerprint density at radius 1 is 1.33 bits per heavy atom. The van der Waals surface area contributed by atoms with Gasteiger partial charge in [-0.15, -0.1) is 0 Å². The van der Waals surface area contributed by atoms with Crippen LogP contribution in [0.25, 0.3) is 0 Å². The fraction of sp³-hybridized carbons (Fsp3) is 0.500. The molecule has 0 radical (unpaired) electrons. The molecule has 21 heavy (non-hydrogen) atoms. The Morgan fingerprint density at radius 3 is 2.67 bits per heavy atom. The molecular formula is C14H17Cl2NO3S. The lowest BCUT2D eigenvalue weighted by Gasteiger charge is -2.30. The number of Topliss-reactive ketones (excluding diaryl/α,β-unsaturated/α-hetero) is 1. The maximum absolute atomic E-state index is 12.3. The topological polar surface area (TPSA) is 54.5 Å². The molecular weight excluding hydrogens is 333 g/mol. The summed E-state index contributed by atoms with van der Waals surface area (Å²) in [5.74, 6) is 0.0179. The molecule has 0 aliphatic carbocycles. The lowest BCUT2D eigenvalue weighted by molar-refractivity contribution is 0.0942. The van der Waals surface area contributed by atoms with E-state index < -0.39 is 10.0 Å². The van der Waals surface area contributed by atoms with E-state index in [1.807, 2.05) is 0 Å². The summed E-state index contributed by atoms with van der Waals surface area (Å²) in [6, 6.07) is 4.80. The number of hydrogen-bond acceptors (Lipinski definition) is 3. The molecule has 1 fully saturated rings. The molecule has 0 bridgehead atoms. The maximum atomic E-state index is 12.3. The number of halogens is 2. The molecule has 0 aromatic heterocycles. The van der Waals surface area contributed by atoms with E-state index in [0.29, 0.717) is 35.1 Å². The maximum Gasteiger partial charge on any atom is 0.211 e. The monoisotopic (exact) mass is 349 g/mol. The van der Waals surface area contributed by atoms with Crippen LogP contribution in [0.3, 0.4) is 0 Å². The van der Waals surface area contributed by atoms with Crippen LogP contribution < -0.4 is 0 Å². The predicted molar refractivity (Wildman–Crippen MR) is 84.6 cm³/mol. The van der Waals surface area contributed by atoms with Crippen molar-refractivity contribution in [2.45, 2.75) is 19.3 Å². The zero-order valence-electron chi connectivity index (χ0n) is 11.7. The van der Waals surface area contributed by atoms with Gasteiger partial charge in [-0.3, -0.25) is 4.79 Å². The normalized spacial score (nSPS) is 20.4. The summed E-state index contributed by atoms with van der Waals surface area (Å²) >= 11 is 11.7. The third-order valence-electron chi connectivity index (χ3n) is 3.67. The predicted octanol–water partition coefficient (Wildman–Crippen LogP) is 3.24. The van der Waals surface area contributed by atoms with Crippen molar-refractivity contribution in [3.05, 3.63) is 33.8 Å². The van der Waals surface area contributed by atoms with Gasteiger partial charge in [0.1, 0.15) is 0 Å². The van der Waals surface area contributed by atoms with E-state index in [4.69, 9.17) is 23.2 Å². The number of nitrogens with zero attached hydrogens (tertiary/aromatic N) is 1. The highest BCUT2D eigenvalue weighted by Gasteiger charge is 2.27. The zero-order chi connectivity index (χ0) is 15.6. The molecule has 0 spiro atoms. The van der Waals surface area contributed by atoms with E-state index in [1.54, 1.807) is 18.2 Å². The van der Waals surface area contributed by atoms with Gasteiger partial charge in [0.25, 0.3) is 0 Å². The van der Waals surface area contributed by atoms with Crippen LogP contribution in [0.1, 0.15) is 29.6 Å². The first kappa shape index (κ1) is 16.7. The molecule has 1 aromatic rings. The summed E-state index contributed by atoms with van der Waals surface area (Å²) in [5, 5.41) is 0.762. The van der Waals surface area contributed by atoms with E-state index in [9.17, 15) is 13.2 Å². The Balaban J connectivity index is 2.03. The smallest absolute Gasteiger partial charge is 0.211 e. The molecule has 0 amide bonds. The van der Waals surface area contributed by atoms with Gasteiger partial charge in [-0.1, -0.05) is 23.2 Å². The van der Waals surface area contributed by atoms with E-state index in [2.05, 4.69) is 0 Å². The number of sulfonamides is 1. The van der Waals surface area contributed by atoms with Crippen LogP contribution in [-0.2, 0) is 10.0 Å². The van der Waals surface area contributed by atoms with Gasteiger partial charge in [0, 0.05) is 25.1 Å². The highest BCUT2D eigenvalue weighted by Crippen LogP contribution is 2.26. The average molecular weight is 350 g/mol. The molecule has 1 aliphatic heterocycles. The Hall–Kier alpha value is -0.620. The van der Waals surface area contributed by atoms with Crippen molar-refractivity contribution in [2.24, 2.45) is 5.92 Å². The Bertz CT molecular complexity index is 646. The first-order valence-electron chi connectivity index (χ1n) is 6.71. The summed E-state index contributed by atoms with van der Waals surface area (Å²) in [4.78, 5) is 12.3. The summed E-state index contributed by atoms with van der Waals surface area (Å²) in [5.41, 5.74) is 0.515. The molecule has 0 N–H and O–H groups in total. The van der Waals surface area contributed by atoms with Crippen molar-refractivity contribution in [1.82, 2.24) is 4.31 Å². The largest absolute Gasteiger partial charge is 0.294 e. The van der Waals surface area contributed by atoms with Gasteiger partial charge in [-0.05, 0) is 37.0 Å². The lowest BCUT2D eigenvalue weighted by atomic mass is 9.92. The fourth-order valence-electron chi connectivity index (χ4n) is 2.54. The molecule has 1 aromatic carbocycles. The summed E-state index contributed by atoms with van der Waals surface area (Å²) in [6.07, 6.45) is 3.17. The minimum absolute atomic E-state index is 0.0334. The molecule has 1 heterocycles. The molecule has 1 atom stereocenters. The van der Waals surface area contributed by atoms with Gasteiger partial charge in [0.2, 0.25) is 10.0 Å². The van der Waals surface area contributed by atoms with Gasteiger partial charge in [-0.25, -0.2) is 12.7 Å². The number of rotatable bonds is 4. The van der Waals surface area contributed by atoms with Crippen LogP contribution in [0.15, 0.2) is 18.2 Å². The second-order valence-electron chi connectivity index (χ2n) is 5.39. The Labute approximate surface area is 135 Å². The lowest BCUT2D eigenvalue weighted by Crippen LogP contribution is -2.39. The first-order chi connectivity index (χ1) is 9.77. The van der Waals surface area contributed by atoms with Crippen LogP contribution in [0.4, 0.5) is 0 Å². The van der Waals surface area contributed by atoms with Crippen molar-refractivity contribution >= 4 is 39.0 Å². The first-order valence-corrected chi connectivity index (χ1v) is 9.31. The summed E-state index contributed by atoms with van der Waals surface area (Å²) in [6.45, 7) is 0.947. The molecule has 0 saturated carbocycles. The summed E-state index contributed by atoms with van der Waals surface area (Å²) < 4.78 is 24.6. The molecule has 116 valence electrons. The van der Waals surface area contributed by atoms with E-state index in [0.717, 1.165) is 12.8 Å². The average Bonchev–Trinajstić information content (AvgIpc) is 2.41. The van der Waals surface area contributed by atoms with Crippen LogP contribution >= 0.6 is 23.2 Å². The standard InChI is InChI=1S/C14H17Cl2NO3S/c1-21(19,20)17-6-2-3-10(9-17)7-14(18)11-4-5-12(15)13(16)8-11/h4-5,8,10H,2-3,6-7,9H2,1H3. The van der Waals surface area contributed by atoms with E-state index >= 15 is 0 Å². The number of benzene rings is 1. The molecule has 1 unspecified atom stereocenters. The molecule has 1 aliphatic rings. The minimum Gasteiger partial charge on any atom is -0.294 e. The highest BCUT2D eigenvalue weighted by atomic mass is 35.5. The molecule has 7 heteroatoms. The Morgan fingerprint density at radius 2 is 2.05 bits per heavy atom. The van der Waals surface area contributed by atoms with Crippen molar-refractivity contribution in [1.29, 1.82) is 0 Å². The zero-order valence-corrected chi connectivity index (χ0v) is 14.0. The number of ketones is 1. The minimum atomic E-state index is -3.19. The van der Waals surface area contributed by atoms with Gasteiger partial charge in [0.05, 0.1) is 16.3 Å². The van der Waals surface area contributed by atoms with E-state index in [1.165, 1.54) is 10.6 Å². The number of hydrogen-bond donors (Lipinski definition) is 0. The second-order valence-corrected chi connectivity index (χ2v) is 8.18. The van der Waals surface area contributed by atoms with Gasteiger partial charge in [-0.2, -0.15) is 0 Å². The van der Waals surface area contributed by atoms with Crippen molar-refractivity contribution < 1.29 is 13.2 Å². The molecule has 4 nitrogen and oxygen atoms in total. The third-order valence-corrected chi connectivity index (χ3v) is 5.68. The Kier molecular flexibility index (Phi) is 5.30. The number of piperidine rings is 1. The van der Waals surface area contributed by atoms with Crippen LogP contribution in [0.5, 0.6) is 0 Å². The van der Waals surface area contributed by atoms with Crippen LogP contribution in [0.2, 0.25) is 10.0 Å². The molecule has 2 rings (SSSR count). The summed E-state index contributed by atoms with van der Waals surface area (Å²) in [7, 11) is -3.19. The van der Waals surface area contributed by atoms with Crippen molar-refractivity contribution in [2.75, 3.05) is 19.3 Å². The molecule has 1 saturated heterocycles. The van der Waals surface area contributed by atoms with E-state index in [-0.39, 0.29) is 11.7 Å². The third kappa shape index (κ3) is 4.42. The quantitative estimate of drug-likeness (QED) is 0.784. The second kappa shape index (κ2) is 6.65. The van der Waals surface area contributed by atoms with Crippen molar-refractivity contribution in [3.63, 3.8) is 0 Å². The number of carbonyl (C=O) groups is 1. The number of carbonyl (C=O) groups excluding carboxylic acids is 1. The van der Waals surface area contributed by atoms with Crippen LogP contribution in [-0.4, -0.2) is 37.9 Å². The fourth-order valence-corrected chi connectivity index (χ4v) is 3.78. The van der Waals surface area contributed by atoms with Gasteiger partial charge in [0.15, 0.2) is 5.78 Å². The SMILES string of the molecule is CS(=O)(=O)N1CCCC(CC(=O)c2ccc(Cl)c(Cl)c2)C1.